The summed E-state index contributed by atoms with van der Waals surface area (Å²) in [6.45, 7) is 7.42. The number of hydrogen-bond acceptors (Lipinski definition) is 2. The van der Waals surface area contributed by atoms with E-state index in [1.807, 2.05) is 0 Å². The molecule has 1 heterocycles. The zero-order valence-corrected chi connectivity index (χ0v) is 9.65. The van der Waals surface area contributed by atoms with E-state index in [2.05, 4.69) is 30.5 Å². The molecule has 2 unspecified atom stereocenters. The zero-order chi connectivity index (χ0) is 9.26. The van der Waals surface area contributed by atoms with E-state index in [0.717, 1.165) is 17.2 Å². The van der Waals surface area contributed by atoms with Gasteiger partial charge in [0.05, 0.1) is 0 Å². The Morgan fingerprint density at radius 3 is 2.85 bits per heavy atom. The summed E-state index contributed by atoms with van der Waals surface area (Å²) in [5.41, 5.74) is 0. The summed E-state index contributed by atoms with van der Waals surface area (Å²) in [6, 6.07) is 0.843. The van der Waals surface area contributed by atoms with Crippen LogP contribution < -0.4 is 0 Å². The third kappa shape index (κ3) is 2.88. The molecule has 1 nitrogen and oxygen atoms in total. The van der Waals surface area contributed by atoms with E-state index in [9.17, 15) is 0 Å². The van der Waals surface area contributed by atoms with Gasteiger partial charge in [-0.15, -0.1) is 0 Å². The molecule has 2 atom stereocenters. The average Bonchev–Trinajstić information content (AvgIpc) is 2.88. The third-order valence-electron chi connectivity index (χ3n) is 3.27. The van der Waals surface area contributed by atoms with Crippen molar-refractivity contribution in [2.45, 2.75) is 44.4 Å². The van der Waals surface area contributed by atoms with Crippen LogP contribution in [0, 0.1) is 5.92 Å². The first-order valence-corrected chi connectivity index (χ1v) is 6.66. The van der Waals surface area contributed by atoms with Gasteiger partial charge in [0.2, 0.25) is 0 Å². The molecule has 2 heteroatoms. The second-order valence-corrected chi connectivity index (χ2v) is 6.25. The fourth-order valence-corrected chi connectivity index (χ4v) is 3.27. The van der Waals surface area contributed by atoms with Crippen LogP contribution in [0.5, 0.6) is 0 Å². The van der Waals surface area contributed by atoms with E-state index in [0.29, 0.717) is 0 Å². The maximum absolute atomic E-state index is 2.69. The molecular formula is C11H21NS. The molecule has 1 aliphatic heterocycles. The smallest absolute Gasteiger partial charge is 0.0147 e. The zero-order valence-electron chi connectivity index (χ0n) is 8.83. The summed E-state index contributed by atoms with van der Waals surface area (Å²) in [5.74, 6) is 2.43. The molecule has 2 rings (SSSR count). The van der Waals surface area contributed by atoms with Gasteiger partial charge in [-0.3, -0.25) is 4.90 Å². The predicted octanol–water partition coefficient (Wildman–Crippen LogP) is 2.61. The number of rotatable bonds is 3. The highest BCUT2D eigenvalue weighted by Gasteiger charge is 2.28. The molecule has 0 aromatic carbocycles. The molecule has 0 bridgehead atoms. The first kappa shape index (κ1) is 9.85. The summed E-state index contributed by atoms with van der Waals surface area (Å²) in [7, 11) is 0. The standard InChI is InChI=1S/C11H21NS/c1-9(7-11-3-4-11)12-5-6-13-10(2)8-12/h9-11H,3-8H2,1-2H3. The van der Waals surface area contributed by atoms with Crippen molar-refractivity contribution < 1.29 is 0 Å². The summed E-state index contributed by atoms with van der Waals surface area (Å²) < 4.78 is 0. The van der Waals surface area contributed by atoms with E-state index in [1.165, 1.54) is 38.1 Å². The lowest BCUT2D eigenvalue weighted by Gasteiger charge is -2.35. The van der Waals surface area contributed by atoms with Crippen molar-refractivity contribution in [3.63, 3.8) is 0 Å². The van der Waals surface area contributed by atoms with Crippen LogP contribution in [-0.2, 0) is 0 Å². The lowest BCUT2D eigenvalue weighted by molar-refractivity contribution is 0.203. The monoisotopic (exact) mass is 199 g/mol. The molecule has 0 radical (unpaired) electrons. The summed E-state index contributed by atoms with van der Waals surface area (Å²) in [6.07, 6.45) is 4.46. The van der Waals surface area contributed by atoms with Crippen LogP contribution in [0.3, 0.4) is 0 Å². The number of nitrogens with zero attached hydrogens (tertiary/aromatic N) is 1. The van der Waals surface area contributed by atoms with Crippen LogP contribution in [0.25, 0.3) is 0 Å². The van der Waals surface area contributed by atoms with Gasteiger partial charge >= 0.3 is 0 Å². The van der Waals surface area contributed by atoms with Crippen LogP contribution in [0.2, 0.25) is 0 Å². The molecule has 0 spiro atoms. The minimum Gasteiger partial charge on any atom is -0.299 e. The Balaban J connectivity index is 1.76. The lowest BCUT2D eigenvalue weighted by Crippen LogP contribution is -2.42. The number of thioether (sulfide) groups is 1. The minimum absolute atomic E-state index is 0.843. The summed E-state index contributed by atoms with van der Waals surface area (Å²) in [5, 5.41) is 0.857. The van der Waals surface area contributed by atoms with Crippen molar-refractivity contribution in [2.75, 3.05) is 18.8 Å². The van der Waals surface area contributed by atoms with Crippen molar-refractivity contribution in [3.05, 3.63) is 0 Å². The molecule has 13 heavy (non-hydrogen) atoms. The second-order valence-electron chi connectivity index (χ2n) is 4.70. The van der Waals surface area contributed by atoms with Gasteiger partial charge < -0.3 is 0 Å². The van der Waals surface area contributed by atoms with Gasteiger partial charge in [0.25, 0.3) is 0 Å². The fraction of sp³-hybridized carbons (Fsp3) is 1.00. The van der Waals surface area contributed by atoms with Crippen LogP contribution in [-0.4, -0.2) is 35.0 Å². The minimum atomic E-state index is 0.843. The highest BCUT2D eigenvalue weighted by atomic mass is 32.2. The lowest BCUT2D eigenvalue weighted by atomic mass is 10.1. The predicted molar refractivity (Wildman–Crippen MR) is 60.3 cm³/mol. The Morgan fingerprint density at radius 2 is 2.23 bits per heavy atom. The molecule has 0 aromatic rings. The first-order valence-electron chi connectivity index (χ1n) is 5.61. The van der Waals surface area contributed by atoms with Gasteiger partial charge in [-0.1, -0.05) is 19.8 Å². The average molecular weight is 199 g/mol. The fourth-order valence-electron chi connectivity index (χ4n) is 2.23. The molecule has 0 aromatic heterocycles. The second kappa shape index (κ2) is 4.22. The van der Waals surface area contributed by atoms with Crippen LogP contribution in [0.1, 0.15) is 33.1 Å². The van der Waals surface area contributed by atoms with Crippen molar-refractivity contribution in [1.82, 2.24) is 4.90 Å². The molecule has 1 aliphatic carbocycles. The number of hydrogen-bond donors (Lipinski definition) is 0. The van der Waals surface area contributed by atoms with E-state index >= 15 is 0 Å². The Morgan fingerprint density at radius 1 is 1.46 bits per heavy atom. The Labute approximate surface area is 86.3 Å². The van der Waals surface area contributed by atoms with E-state index in [-0.39, 0.29) is 0 Å². The first-order chi connectivity index (χ1) is 6.25. The molecule has 2 fully saturated rings. The quantitative estimate of drug-likeness (QED) is 0.687. The normalized spacial score (nSPS) is 33.2. The van der Waals surface area contributed by atoms with Gasteiger partial charge in [0.1, 0.15) is 0 Å². The molecule has 0 amide bonds. The molecule has 1 saturated heterocycles. The third-order valence-corrected chi connectivity index (χ3v) is 4.40. The maximum Gasteiger partial charge on any atom is 0.0147 e. The van der Waals surface area contributed by atoms with E-state index in [4.69, 9.17) is 0 Å². The Hall–Kier alpha value is 0.310. The Kier molecular flexibility index (Phi) is 3.20. The maximum atomic E-state index is 2.69. The van der Waals surface area contributed by atoms with Gasteiger partial charge in [0.15, 0.2) is 0 Å². The largest absolute Gasteiger partial charge is 0.299 e. The molecule has 0 N–H and O–H groups in total. The Bertz CT molecular complexity index is 167. The molecule has 1 saturated carbocycles. The highest BCUT2D eigenvalue weighted by molar-refractivity contribution is 7.99. The van der Waals surface area contributed by atoms with Crippen LogP contribution in [0.15, 0.2) is 0 Å². The van der Waals surface area contributed by atoms with Crippen LogP contribution in [0.4, 0.5) is 0 Å². The molecule has 76 valence electrons. The van der Waals surface area contributed by atoms with Crippen LogP contribution >= 0.6 is 11.8 Å². The van der Waals surface area contributed by atoms with Crippen molar-refractivity contribution in [1.29, 1.82) is 0 Å². The summed E-state index contributed by atoms with van der Waals surface area (Å²) in [4.78, 5) is 2.69. The van der Waals surface area contributed by atoms with Gasteiger partial charge in [-0.2, -0.15) is 11.8 Å². The highest BCUT2D eigenvalue weighted by Crippen LogP contribution is 2.35. The SMILES string of the molecule is CC1CN(C(C)CC2CC2)CCS1. The van der Waals surface area contributed by atoms with Gasteiger partial charge in [-0.05, 0) is 19.3 Å². The van der Waals surface area contributed by atoms with Crippen molar-refractivity contribution >= 4 is 11.8 Å². The van der Waals surface area contributed by atoms with Gasteiger partial charge in [-0.25, -0.2) is 0 Å². The van der Waals surface area contributed by atoms with Crippen molar-refractivity contribution in [3.8, 4) is 0 Å². The molecule has 2 aliphatic rings. The molecular weight excluding hydrogens is 178 g/mol. The van der Waals surface area contributed by atoms with Crippen molar-refractivity contribution in [2.24, 2.45) is 5.92 Å². The summed E-state index contributed by atoms with van der Waals surface area (Å²) >= 11 is 2.13. The van der Waals surface area contributed by atoms with Gasteiger partial charge in [0, 0.05) is 30.1 Å². The topological polar surface area (TPSA) is 3.24 Å². The van der Waals surface area contributed by atoms with E-state index in [1.54, 1.807) is 0 Å². The van der Waals surface area contributed by atoms with E-state index < -0.39 is 0 Å².